The van der Waals surface area contributed by atoms with E-state index in [1.807, 2.05) is 42.5 Å². The third kappa shape index (κ3) is 4.39. The molecule has 180 valence electrons. The summed E-state index contributed by atoms with van der Waals surface area (Å²) in [5, 5.41) is 13.2. The first kappa shape index (κ1) is 23.1. The monoisotopic (exact) mass is 480 g/mol. The Bertz CT molecular complexity index is 1230. The first-order valence-electron chi connectivity index (χ1n) is 12.1. The van der Waals surface area contributed by atoms with Crippen LogP contribution in [0.3, 0.4) is 0 Å². The molecule has 0 amide bonds. The minimum Gasteiger partial charge on any atom is -0.298 e. The lowest BCUT2D eigenvalue weighted by Gasteiger charge is -2.40. The highest BCUT2D eigenvalue weighted by Gasteiger charge is 2.35. The Labute approximate surface area is 201 Å². The molecule has 5 rings (SSSR count). The molecule has 3 aromatic rings. The lowest BCUT2D eigenvalue weighted by atomic mass is 9.94. The molecule has 2 aromatic heterocycles. The molecule has 0 atom stereocenters. The van der Waals surface area contributed by atoms with Gasteiger partial charge in [0, 0.05) is 37.8 Å². The van der Waals surface area contributed by atoms with E-state index in [9.17, 15) is 8.42 Å². The zero-order valence-electron chi connectivity index (χ0n) is 19.9. The van der Waals surface area contributed by atoms with Crippen LogP contribution < -0.4 is 0 Å². The van der Waals surface area contributed by atoms with Gasteiger partial charge < -0.3 is 0 Å². The van der Waals surface area contributed by atoms with Gasteiger partial charge in [0.25, 0.3) is 0 Å². The average molecular weight is 481 g/mol. The number of hydrogen-bond acceptors (Lipinski definition) is 6. The maximum Gasteiger partial charge on any atom is 0.246 e. The zero-order valence-corrected chi connectivity index (χ0v) is 20.7. The standard InChI is InChI=1S/C25H32N6O2S/c1-19-25(34(32,33)30-17-15-29(16-18-30)22-11-7-4-8-12-22)20(2)31(28-19)24-14-13-23(26-27-24)21-9-5-3-6-10-21/h3,5-6,9-10,13-14,22H,4,7-8,11-12,15-18H2,1-2H3. The molecule has 8 nitrogen and oxygen atoms in total. The van der Waals surface area contributed by atoms with Gasteiger partial charge in [0.05, 0.1) is 17.1 Å². The van der Waals surface area contributed by atoms with Crippen molar-refractivity contribution in [2.75, 3.05) is 26.2 Å². The summed E-state index contributed by atoms with van der Waals surface area (Å²) in [6.45, 7) is 6.17. The topological polar surface area (TPSA) is 84.2 Å². The van der Waals surface area contributed by atoms with Gasteiger partial charge in [0.2, 0.25) is 10.0 Å². The van der Waals surface area contributed by atoms with Crippen LogP contribution in [0.1, 0.15) is 43.5 Å². The van der Waals surface area contributed by atoms with E-state index in [1.54, 1.807) is 22.8 Å². The number of aromatic nitrogens is 4. The van der Waals surface area contributed by atoms with Crippen molar-refractivity contribution >= 4 is 10.0 Å². The lowest BCUT2D eigenvalue weighted by Crippen LogP contribution is -2.52. The van der Waals surface area contributed by atoms with E-state index in [1.165, 1.54) is 32.1 Å². The normalized spacial score (nSPS) is 18.9. The Morgan fingerprint density at radius 3 is 2.21 bits per heavy atom. The van der Waals surface area contributed by atoms with E-state index in [0.717, 1.165) is 24.3 Å². The molecule has 0 spiro atoms. The summed E-state index contributed by atoms with van der Waals surface area (Å²) in [5.41, 5.74) is 2.79. The van der Waals surface area contributed by atoms with E-state index in [2.05, 4.69) is 20.2 Å². The van der Waals surface area contributed by atoms with Crippen molar-refractivity contribution in [1.82, 2.24) is 29.2 Å². The van der Waals surface area contributed by atoms with Crippen molar-refractivity contribution in [2.45, 2.75) is 56.9 Å². The average Bonchev–Trinajstić information content (AvgIpc) is 3.19. The second-order valence-electron chi connectivity index (χ2n) is 9.29. The van der Waals surface area contributed by atoms with Crippen LogP contribution in [-0.2, 0) is 10.0 Å². The minimum absolute atomic E-state index is 0.285. The second-order valence-corrected chi connectivity index (χ2v) is 11.2. The van der Waals surface area contributed by atoms with Gasteiger partial charge in [-0.15, -0.1) is 10.2 Å². The number of rotatable bonds is 5. The first-order valence-corrected chi connectivity index (χ1v) is 13.6. The number of aryl methyl sites for hydroxylation is 1. The molecule has 0 unspecified atom stereocenters. The van der Waals surface area contributed by atoms with E-state index in [-0.39, 0.29) is 4.90 Å². The molecule has 34 heavy (non-hydrogen) atoms. The summed E-state index contributed by atoms with van der Waals surface area (Å²) in [6.07, 6.45) is 6.38. The summed E-state index contributed by atoms with van der Waals surface area (Å²) in [4.78, 5) is 2.77. The summed E-state index contributed by atoms with van der Waals surface area (Å²) in [5.74, 6) is 0.504. The van der Waals surface area contributed by atoms with Crippen LogP contribution in [0.15, 0.2) is 47.4 Å². The highest BCUT2D eigenvalue weighted by Crippen LogP contribution is 2.28. The smallest absolute Gasteiger partial charge is 0.246 e. The Hall–Kier alpha value is -2.62. The molecule has 1 saturated carbocycles. The summed E-state index contributed by atoms with van der Waals surface area (Å²) in [6, 6.07) is 14.1. The summed E-state index contributed by atoms with van der Waals surface area (Å²) < 4.78 is 30.4. The number of piperazine rings is 1. The molecule has 0 bridgehead atoms. The number of hydrogen-bond donors (Lipinski definition) is 0. The molecule has 1 aliphatic heterocycles. The van der Waals surface area contributed by atoms with Crippen LogP contribution in [-0.4, -0.2) is 69.8 Å². The van der Waals surface area contributed by atoms with Gasteiger partial charge in [-0.2, -0.15) is 9.40 Å². The van der Waals surface area contributed by atoms with Gasteiger partial charge in [-0.25, -0.2) is 13.1 Å². The summed E-state index contributed by atoms with van der Waals surface area (Å²) in [7, 11) is -3.64. The number of benzene rings is 1. The van der Waals surface area contributed by atoms with Crippen molar-refractivity contribution in [2.24, 2.45) is 0 Å². The fraction of sp³-hybridized carbons (Fsp3) is 0.480. The van der Waals surface area contributed by atoms with Gasteiger partial charge >= 0.3 is 0 Å². The van der Waals surface area contributed by atoms with Gasteiger partial charge in [0.15, 0.2) is 5.82 Å². The van der Waals surface area contributed by atoms with Crippen molar-refractivity contribution < 1.29 is 8.42 Å². The fourth-order valence-corrected chi connectivity index (χ4v) is 7.09. The van der Waals surface area contributed by atoms with E-state index >= 15 is 0 Å². The lowest BCUT2D eigenvalue weighted by molar-refractivity contribution is 0.111. The summed E-state index contributed by atoms with van der Waals surface area (Å²) >= 11 is 0. The third-order valence-corrected chi connectivity index (χ3v) is 9.28. The van der Waals surface area contributed by atoms with E-state index < -0.39 is 10.0 Å². The van der Waals surface area contributed by atoms with Crippen molar-refractivity contribution in [3.05, 3.63) is 53.9 Å². The molecule has 0 radical (unpaired) electrons. The van der Waals surface area contributed by atoms with Gasteiger partial charge in [-0.1, -0.05) is 49.6 Å². The predicted octanol–water partition coefficient (Wildman–Crippen LogP) is 3.59. The fourth-order valence-electron chi connectivity index (χ4n) is 5.31. The molecule has 9 heteroatoms. The maximum absolute atomic E-state index is 13.6. The Morgan fingerprint density at radius 1 is 0.853 bits per heavy atom. The second kappa shape index (κ2) is 9.56. The van der Waals surface area contributed by atoms with Gasteiger partial charge in [0.1, 0.15) is 4.90 Å². The Kier molecular flexibility index (Phi) is 6.50. The molecule has 1 aliphatic carbocycles. The predicted molar refractivity (Wildman–Crippen MR) is 131 cm³/mol. The van der Waals surface area contributed by atoms with E-state index in [0.29, 0.717) is 36.3 Å². The van der Waals surface area contributed by atoms with Crippen LogP contribution in [0, 0.1) is 13.8 Å². The third-order valence-electron chi connectivity index (χ3n) is 7.12. The molecular formula is C25H32N6O2S. The van der Waals surface area contributed by atoms with E-state index in [4.69, 9.17) is 0 Å². The molecule has 0 N–H and O–H groups in total. The Morgan fingerprint density at radius 2 is 1.56 bits per heavy atom. The molecular weight excluding hydrogens is 448 g/mol. The van der Waals surface area contributed by atoms with Crippen LogP contribution in [0.25, 0.3) is 17.1 Å². The quantitative estimate of drug-likeness (QED) is 0.555. The Balaban J connectivity index is 1.35. The van der Waals surface area contributed by atoms with Crippen LogP contribution >= 0.6 is 0 Å². The number of nitrogens with zero attached hydrogens (tertiary/aromatic N) is 6. The van der Waals surface area contributed by atoms with Crippen molar-refractivity contribution in [1.29, 1.82) is 0 Å². The van der Waals surface area contributed by atoms with Crippen molar-refractivity contribution in [3.63, 3.8) is 0 Å². The molecule has 1 aromatic carbocycles. The minimum atomic E-state index is -3.64. The maximum atomic E-state index is 13.6. The molecule has 3 heterocycles. The van der Waals surface area contributed by atoms with Crippen LogP contribution in [0.2, 0.25) is 0 Å². The molecule has 2 fully saturated rings. The zero-order chi connectivity index (χ0) is 23.7. The van der Waals surface area contributed by atoms with Crippen LogP contribution in [0.5, 0.6) is 0 Å². The number of sulfonamides is 1. The molecule has 2 aliphatic rings. The largest absolute Gasteiger partial charge is 0.298 e. The highest BCUT2D eigenvalue weighted by atomic mass is 32.2. The molecule has 1 saturated heterocycles. The highest BCUT2D eigenvalue weighted by molar-refractivity contribution is 7.89. The SMILES string of the molecule is Cc1nn(-c2ccc(-c3ccccc3)nn2)c(C)c1S(=O)(=O)N1CCN(C2CCCCC2)CC1. The first-order chi connectivity index (χ1) is 16.4. The van der Waals surface area contributed by atoms with Crippen molar-refractivity contribution in [3.8, 4) is 17.1 Å². The van der Waals surface area contributed by atoms with Gasteiger partial charge in [-0.3, -0.25) is 4.90 Å². The van der Waals surface area contributed by atoms with Crippen LogP contribution in [0.4, 0.5) is 0 Å². The van der Waals surface area contributed by atoms with Gasteiger partial charge in [-0.05, 0) is 38.8 Å².